The zero-order valence-corrected chi connectivity index (χ0v) is 31.9. The fourth-order valence-corrected chi connectivity index (χ4v) is 5.08. The van der Waals surface area contributed by atoms with E-state index in [1.165, 1.54) is 12.1 Å². The van der Waals surface area contributed by atoms with Crippen molar-refractivity contribution in [2.24, 2.45) is 5.41 Å². The molecule has 2 amide bonds. The van der Waals surface area contributed by atoms with Crippen LogP contribution in [0, 0.1) is 25.6 Å². The maximum absolute atomic E-state index is 13.2. The van der Waals surface area contributed by atoms with Gasteiger partial charge in [-0.2, -0.15) is 0 Å². The molecule has 1 aromatic heterocycles. The van der Waals surface area contributed by atoms with Crippen LogP contribution in [0.15, 0.2) is 24.4 Å². The van der Waals surface area contributed by atoms with Gasteiger partial charge in [-0.1, -0.05) is 26.0 Å². The number of carbonyl (C=O) groups excluding carboxylic acids is 3. The number of rotatable bonds is 19. The van der Waals surface area contributed by atoms with Crippen molar-refractivity contribution < 1.29 is 38.4 Å². The molecule has 0 fully saturated rings. The van der Waals surface area contributed by atoms with E-state index >= 15 is 0 Å². The molecular weight excluding hydrogens is 678 g/mol. The largest absolute Gasteiger partial charge is 0.460 e. The van der Waals surface area contributed by atoms with Crippen molar-refractivity contribution in [3.05, 3.63) is 55.9 Å². The van der Waals surface area contributed by atoms with Gasteiger partial charge in [-0.05, 0) is 91.5 Å². The van der Waals surface area contributed by atoms with Gasteiger partial charge in [0.2, 0.25) is 0 Å². The Hall–Kier alpha value is -4.67. The van der Waals surface area contributed by atoms with Gasteiger partial charge in [0.25, 0.3) is 11.4 Å². The van der Waals surface area contributed by atoms with E-state index in [1.54, 1.807) is 52.4 Å². The summed E-state index contributed by atoms with van der Waals surface area (Å²) in [5.41, 5.74) is -1.35. The molecule has 0 aliphatic rings. The van der Waals surface area contributed by atoms with E-state index in [-0.39, 0.29) is 42.3 Å². The van der Waals surface area contributed by atoms with Crippen LogP contribution in [0.2, 0.25) is 0 Å². The third-order valence-electron chi connectivity index (χ3n) is 7.58. The average Bonchev–Trinajstić information content (AvgIpc) is 3.45. The summed E-state index contributed by atoms with van der Waals surface area (Å²) >= 11 is 0. The second-order valence-electron chi connectivity index (χ2n) is 15.7. The van der Waals surface area contributed by atoms with Crippen molar-refractivity contribution >= 4 is 29.3 Å². The molecule has 17 heteroatoms. The molecule has 0 aliphatic heterocycles. The topological polar surface area (TPSA) is 220 Å². The van der Waals surface area contributed by atoms with Crippen LogP contribution in [0.1, 0.15) is 112 Å². The number of urea groups is 1. The number of aromatic nitrogens is 3. The van der Waals surface area contributed by atoms with Crippen LogP contribution in [-0.2, 0) is 43.4 Å². The van der Waals surface area contributed by atoms with Crippen molar-refractivity contribution in [3.8, 4) is 0 Å². The van der Waals surface area contributed by atoms with Crippen molar-refractivity contribution in [2.45, 2.75) is 144 Å². The van der Waals surface area contributed by atoms with Gasteiger partial charge in [0.05, 0.1) is 28.7 Å². The summed E-state index contributed by atoms with van der Waals surface area (Å²) in [5.74, 6) is -1.11. The highest BCUT2D eigenvalue weighted by Crippen LogP contribution is 2.26. The average molecular weight is 734 g/mol. The lowest BCUT2D eigenvalue weighted by Gasteiger charge is -2.32. The molecule has 290 valence electrons. The number of nitrogens with one attached hydrogen (secondary N) is 2. The maximum atomic E-state index is 13.2. The van der Waals surface area contributed by atoms with Crippen LogP contribution in [0.3, 0.4) is 0 Å². The third kappa shape index (κ3) is 16.6. The van der Waals surface area contributed by atoms with E-state index in [0.717, 1.165) is 18.9 Å². The second-order valence-corrected chi connectivity index (χ2v) is 15.7. The first-order valence-corrected chi connectivity index (χ1v) is 17.4. The Balaban J connectivity index is 1.84. The predicted molar refractivity (Wildman–Crippen MR) is 191 cm³/mol. The lowest BCUT2D eigenvalue weighted by molar-refractivity contribution is -0.394. The number of nitro benzene ring substituents is 2. The van der Waals surface area contributed by atoms with Crippen LogP contribution >= 0.6 is 0 Å². The quantitative estimate of drug-likeness (QED) is 0.0739. The minimum Gasteiger partial charge on any atom is -0.460 e. The van der Waals surface area contributed by atoms with Crippen LogP contribution in [0.25, 0.3) is 0 Å². The van der Waals surface area contributed by atoms with E-state index in [2.05, 4.69) is 20.9 Å². The minimum atomic E-state index is -1.05. The number of nitrogens with zero attached hydrogens (tertiary/aromatic N) is 5. The molecule has 2 atom stereocenters. The fourth-order valence-electron chi connectivity index (χ4n) is 5.08. The summed E-state index contributed by atoms with van der Waals surface area (Å²) in [6.07, 6.45) is 4.70. The first kappa shape index (κ1) is 43.5. The van der Waals surface area contributed by atoms with Gasteiger partial charge >= 0.3 is 18.0 Å². The summed E-state index contributed by atoms with van der Waals surface area (Å²) in [4.78, 5) is 59.4. The highest BCUT2D eigenvalue weighted by Gasteiger charge is 2.31. The number of amides is 2. The van der Waals surface area contributed by atoms with Gasteiger partial charge in [-0.3, -0.25) is 29.7 Å². The van der Waals surface area contributed by atoms with E-state index in [4.69, 9.17) is 14.2 Å². The predicted octanol–water partition coefficient (Wildman–Crippen LogP) is 5.96. The molecule has 0 bridgehead atoms. The molecule has 0 radical (unpaired) electrons. The smallest absolute Gasteiger partial charge is 0.329 e. The lowest BCUT2D eigenvalue weighted by atomic mass is 9.84. The molecular formula is C35H55N7O10. The molecule has 0 unspecified atom stereocenters. The van der Waals surface area contributed by atoms with E-state index in [0.29, 0.717) is 43.7 Å². The van der Waals surface area contributed by atoms with Gasteiger partial charge < -0.3 is 24.8 Å². The number of carbonyl (C=O) groups is 3. The molecule has 1 aromatic carbocycles. The number of hydrogen-bond donors (Lipinski definition) is 2. The first-order valence-electron chi connectivity index (χ1n) is 17.4. The fraction of sp³-hybridized carbons (Fsp3) is 0.686. The monoisotopic (exact) mass is 733 g/mol. The Morgan fingerprint density at radius 1 is 0.885 bits per heavy atom. The highest BCUT2D eigenvalue weighted by molar-refractivity contribution is 5.84. The van der Waals surface area contributed by atoms with Crippen LogP contribution in [0.5, 0.6) is 0 Å². The molecule has 2 N–H and O–H groups in total. The molecule has 0 spiro atoms. The summed E-state index contributed by atoms with van der Waals surface area (Å²) in [6.45, 7) is 17.6. The summed E-state index contributed by atoms with van der Waals surface area (Å²) in [6, 6.07) is 1.80. The summed E-state index contributed by atoms with van der Waals surface area (Å²) < 4.78 is 18.2. The molecule has 2 aromatic rings. The lowest BCUT2D eigenvalue weighted by Crippen LogP contribution is -2.53. The highest BCUT2D eigenvalue weighted by atomic mass is 16.6. The third-order valence-corrected chi connectivity index (χ3v) is 7.58. The number of non-ortho nitro benzene ring substituents is 1. The molecule has 0 saturated carbocycles. The first-order chi connectivity index (χ1) is 24.0. The maximum Gasteiger partial charge on any atom is 0.329 e. The number of aryl methyl sites for hydroxylation is 2. The van der Waals surface area contributed by atoms with Gasteiger partial charge in [-0.25, -0.2) is 9.59 Å². The van der Waals surface area contributed by atoms with Crippen molar-refractivity contribution in [2.75, 3.05) is 6.61 Å². The number of unbranched alkanes of at least 4 members (excludes halogenated alkanes) is 1. The Labute approximate surface area is 304 Å². The van der Waals surface area contributed by atoms with Crippen LogP contribution in [0.4, 0.5) is 16.2 Å². The normalized spacial score (nSPS) is 13.2. The number of esters is 2. The van der Waals surface area contributed by atoms with E-state index < -0.39 is 45.1 Å². The van der Waals surface area contributed by atoms with Crippen molar-refractivity contribution in [3.63, 3.8) is 0 Å². The van der Waals surface area contributed by atoms with Crippen molar-refractivity contribution in [1.29, 1.82) is 0 Å². The number of hydrogen-bond acceptors (Lipinski definition) is 12. The molecule has 1 heterocycles. The van der Waals surface area contributed by atoms with E-state index in [9.17, 15) is 34.6 Å². The Morgan fingerprint density at radius 2 is 1.56 bits per heavy atom. The zero-order chi connectivity index (χ0) is 39.3. The molecule has 17 nitrogen and oxygen atoms in total. The Bertz CT molecular complexity index is 1520. The second kappa shape index (κ2) is 19.2. The summed E-state index contributed by atoms with van der Waals surface area (Å²) in [7, 11) is 0. The molecule has 52 heavy (non-hydrogen) atoms. The molecule has 0 saturated heterocycles. The van der Waals surface area contributed by atoms with E-state index in [1.807, 2.05) is 20.8 Å². The number of nitro groups is 2. The van der Waals surface area contributed by atoms with Crippen LogP contribution < -0.4 is 10.6 Å². The number of benzene rings is 1. The van der Waals surface area contributed by atoms with Crippen LogP contribution in [-0.4, -0.2) is 72.7 Å². The zero-order valence-electron chi connectivity index (χ0n) is 31.9. The number of ether oxygens (including phenoxy) is 3. The Morgan fingerprint density at radius 3 is 2.15 bits per heavy atom. The van der Waals surface area contributed by atoms with Gasteiger partial charge in [-0.15, -0.1) is 5.10 Å². The van der Waals surface area contributed by atoms with Gasteiger partial charge in [0, 0.05) is 37.2 Å². The standard InChI is InChI=1S/C35H55N7O10/c1-33(2,3)29(37-32(45)36-27(31(44)52-35(7,8)9)17-18-30(43)51-34(4,5)6)14-10-11-19-40-22-25(38-39-40)23-50-20-12-13-24-15-16-26(41(46)47)21-28(24)42(48)49/h15-16,21-22,27,29H,10-14,17-20,23H2,1-9H3,(H2,36,37,45)/t27-,29-/m0/s1. The minimum absolute atomic E-state index is 0.0231. The van der Waals surface area contributed by atoms with Crippen molar-refractivity contribution in [1.82, 2.24) is 25.6 Å². The van der Waals surface area contributed by atoms with Gasteiger partial charge in [0.15, 0.2) is 0 Å². The summed E-state index contributed by atoms with van der Waals surface area (Å²) in [5, 5.41) is 36.3. The Kier molecular flexibility index (Phi) is 16.1. The SMILES string of the molecule is CC(C)(C)OC(=O)CC[C@H](NC(=O)N[C@@H](CCCCn1cc(COCCCc2ccc([N+](=O)[O-])cc2[N+](=O)[O-])nn1)C(C)(C)C)C(=O)OC(C)(C)C. The van der Waals surface area contributed by atoms with Gasteiger partial charge in [0.1, 0.15) is 22.9 Å². The molecule has 0 aliphatic carbocycles. The molecule has 2 rings (SSSR count).